The Labute approximate surface area is 132 Å². The molecular weight excluding hydrogens is 306 g/mol. The summed E-state index contributed by atoms with van der Waals surface area (Å²) in [5.41, 5.74) is 1.37. The molecule has 0 aliphatic heterocycles. The van der Waals surface area contributed by atoms with Crippen molar-refractivity contribution in [2.45, 2.75) is 26.6 Å². The minimum absolute atomic E-state index is 0.0509. The molecule has 2 aromatic rings. The van der Waals surface area contributed by atoms with Crippen molar-refractivity contribution in [3.63, 3.8) is 0 Å². The van der Waals surface area contributed by atoms with Crippen molar-refractivity contribution < 1.29 is 18.3 Å². The van der Waals surface area contributed by atoms with Crippen LogP contribution in [0.1, 0.15) is 17.0 Å². The maximum atomic E-state index is 12.4. The number of benzene rings is 1. The number of rotatable bonds is 6. The molecule has 23 heavy (non-hydrogen) atoms. The van der Waals surface area contributed by atoms with Gasteiger partial charge in [0, 0.05) is 31.5 Å². The second-order valence-electron chi connectivity index (χ2n) is 4.98. The van der Waals surface area contributed by atoms with Crippen LogP contribution in [0.25, 0.3) is 0 Å². The van der Waals surface area contributed by atoms with Gasteiger partial charge in [-0.3, -0.25) is 0 Å². The average molecular weight is 324 g/mol. The van der Waals surface area contributed by atoms with Gasteiger partial charge in [0.1, 0.15) is 11.6 Å². The molecule has 0 fully saturated rings. The number of imidazole rings is 1. The van der Waals surface area contributed by atoms with E-state index in [1.54, 1.807) is 29.1 Å². The third-order valence-electron chi connectivity index (χ3n) is 3.20. The number of carbonyl (C=O) groups is 1. The number of halogens is 2. The Balaban J connectivity index is 1.90. The molecule has 1 aromatic carbocycles. The number of aryl methyl sites for hydroxylation is 2. The molecule has 0 spiro atoms. The first-order valence-corrected chi connectivity index (χ1v) is 6.98. The van der Waals surface area contributed by atoms with Gasteiger partial charge < -0.3 is 19.9 Å². The Hall–Kier alpha value is -2.64. The maximum Gasteiger partial charge on any atom is 0.387 e. The lowest BCUT2D eigenvalue weighted by molar-refractivity contribution is -0.0504. The first-order chi connectivity index (χ1) is 11.0. The zero-order valence-corrected chi connectivity index (χ0v) is 12.8. The molecule has 0 unspecified atom stereocenters. The van der Waals surface area contributed by atoms with Crippen molar-refractivity contribution in [3.05, 3.63) is 47.5 Å². The highest BCUT2D eigenvalue weighted by molar-refractivity contribution is 5.73. The minimum Gasteiger partial charge on any atom is -0.434 e. The number of nitrogens with zero attached hydrogens (tertiary/aromatic N) is 2. The van der Waals surface area contributed by atoms with Crippen molar-refractivity contribution in [3.8, 4) is 5.75 Å². The summed E-state index contributed by atoms with van der Waals surface area (Å²) in [4.78, 5) is 15.9. The van der Waals surface area contributed by atoms with Gasteiger partial charge in [-0.1, -0.05) is 17.7 Å². The lowest BCUT2D eigenvalue weighted by atomic mass is 10.1. The molecule has 6 nitrogen and oxygen atoms in total. The number of carbonyl (C=O) groups excluding carboxylic acids is 1. The summed E-state index contributed by atoms with van der Waals surface area (Å²) in [5, 5.41) is 5.26. The predicted molar refractivity (Wildman–Crippen MR) is 80.1 cm³/mol. The normalized spacial score (nSPS) is 10.7. The van der Waals surface area contributed by atoms with Gasteiger partial charge in [-0.25, -0.2) is 9.78 Å². The summed E-state index contributed by atoms with van der Waals surface area (Å²) < 4.78 is 31.0. The molecule has 2 amide bonds. The second kappa shape index (κ2) is 7.57. The van der Waals surface area contributed by atoms with Crippen LogP contribution in [0.15, 0.2) is 30.6 Å². The largest absolute Gasteiger partial charge is 0.434 e. The molecule has 1 aromatic heterocycles. The topological polar surface area (TPSA) is 68.2 Å². The first-order valence-electron chi connectivity index (χ1n) is 6.98. The van der Waals surface area contributed by atoms with Crippen molar-refractivity contribution in [1.82, 2.24) is 20.2 Å². The van der Waals surface area contributed by atoms with Gasteiger partial charge >= 0.3 is 12.6 Å². The molecule has 0 aliphatic carbocycles. The number of nitrogens with one attached hydrogen (secondary N) is 2. The quantitative estimate of drug-likeness (QED) is 0.857. The highest BCUT2D eigenvalue weighted by Crippen LogP contribution is 2.21. The lowest BCUT2D eigenvalue weighted by Crippen LogP contribution is -2.35. The monoisotopic (exact) mass is 324 g/mol. The van der Waals surface area contributed by atoms with E-state index in [2.05, 4.69) is 20.4 Å². The van der Waals surface area contributed by atoms with E-state index in [1.807, 2.05) is 14.0 Å². The molecule has 124 valence electrons. The van der Waals surface area contributed by atoms with E-state index >= 15 is 0 Å². The fraction of sp³-hybridized carbons (Fsp3) is 0.333. The Kier molecular flexibility index (Phi) is 5.51. The summed E-state index contributed by atoms with van der Waals surface area (Å²) in [6, 6.07) is 4.40. The summed E-state index contributed by atoms with van der Waals surface area (Å²) in [7, 11) is 1.82. The molecule has 0 bridgehead atoms. The van der Waals surface area contributed by atoms with Crippen molar-refractivity contribution in [1.29, 1.82) is 0 Å². The zero-order valence-electron chi connectivity index (χ0n) is 12.8. The van der Waals surface area contributed by atoms with Gasteiger partial charge in [-0.2, -0.15) is 8.78 Å². The smallest absolute Gasteiger partial charge is 0.387 e. The Morgan fingerprint density at radius 1 is 1.35 bits per heavy atom. The van der Waals surface area contributed by atoms with Crippen molar-refractivity contribution in [2.24, 2.45) is 7.05 Å². The highest BCUT2D eigenvalue weighted by Gasteiger charge is 2.11. The molecule has 8 heteroatoms. The van der Waals surface area contributed by atoms with Gasteiger partial charge in [0.15, 0.2) is 0 Å². The van der Waals surface area contributed by atoms with Gasteiger partial charge in [0.2, 0.25) is 0 Å². The maximum absolute atomic E-state index is 12.4. The number of amides is 2. The van der Waals surface area contributed by atoms with Gasteiger partial charge in [0.05, 0.1) is 6.54 Å². The van der Waals surface area contributed by atoms with E-state index in [9.17, 15) is 13.6 Å². The number of urea groups is 1. The fourth-order valence-electron chi connectivity index (χ4n) is 2.02. The van der Waals surface area contributed by atoms with Crippen LogP contribution in [0.4, 0.5) is 13.6 Å². The summed E-state index contributed by atoms with van der Waals surface area (Å²) in [5.74, 6) is 0.757. The number of hydrogen-bond acceptors (Lipinski definition) is 3. The van der Waals surface area contributed by atoms with E-state index in [0.717, 1.165) is 5.56 Å². The molecule has 2 N–H and O–H groups in total. The van der Waals surface area contributed by atoms with Crippen LogP contribution in [-0.4, -0.2) is 22.2 Å². The second-order valence-corrected chi connectivity index (χ2v) is 4.98. The molecule has 0 saturated carbocycles. The Morgan fingerprint density at radius 2 is 2.09 bits per heavy atom. The highest BCUT2D eigenvalue weighted by atomic mass is 19.3. The van der Waals surface area contributed by atoms with Crippen LogP contribution in [0.3, 0.4) is 0 Å². The van der Waals surface area contributed by atoms with E-state index in [4.69, 9.17) is 0 Å². The van der Waals surface area contributed by atoms with Crippen LogP contribution in [-0.2, 0) is 20.1 Å². The molecule has 0 atom stereocenters. The molecule has 1 heterocycles. The number of ether oxygens (including phenoxy) is 1. The zero-order chi connectivity index (χ0) is 16.8. The number of aromatic nitrogens is 2. The van der Waals surface area contributed by atoms with E-state index in [0.29, 0.717) is 11.4 Å². The van der Waals surface area contributed by atoms with Crippen molar-refractivity contribution in [2.75, 3.05) is 0 Å². The third-order valence-corrected chi connectivity index (χ3v) is 3.20. The van der Waals surface area contributed by atoms with Crippen LogP contribution < -0.4 is 15.4 Å². The van der Waals surface area contributed by atoms with E-state index in [1.165, 1.54) is 6.07 Å². The first kappa shape index (κ1) is 16.7. The van der Waals surface area contributed by atoms with E-state index in [-0.39, 0.29) is 18.8 Å². The van der Waals surface area contributed by atoms with Gasteiger partial charge in [-0.05, 0) is 13.0 Å². The molecule has 0 saturated heterocycles. The average Bonchev–Trinajstić information content (AvgIpc) is 2.90. The summed E-state index contributed by atoms with van der Waals surface area (Å²) >= 11 is 0. The summed E-state index contributed by atoms with van der Waals surface area (Å²) in [6.45, 7) is -0.732. The van der Waals surface area contributed by atoms with Crippen LogP contribution in [0.5, 0.6) is 5.75 Å². The standard InChI is InChI=1S/C15H18F2N4O2/c1-10-3-4-12(23-14(16)17)11(7-10)8-19-15(22)20-9-13-18-5-6-21(13)2/h3-7,14H,8-9H2,1-2H3,(H2,19,20,22). The summed E-state index contributed by atoms with van der Waals surface area (Å²) in [6.07, 6.45) is 3.41. The molecule has 0 aliphatic rings. The SMILES string of the molecule is Cc1ccc(OC(F)F)c(CNC(=O)NCc2nccn2C)c1. The molecule has 2 rings (SSSR count). The molecular formula is C15H18F2N4O2. The third kappa shape index (κ3) is 4.94. The Bertz CT molecular complexity index is 673. The van der Waals surface area contributed by atoms with Crippen molar-refractivity contribution >= 4 is 6.03 Å². The van der Waals surface area contributed by atoms with E-state index < -0.39 is 12.6 Å². The van der Waals surface area contributed by atoms with Gasteiger partial charge in [-0.15, -0.1) is 0 Å². The van der Waals surface area contributed by atoms with Crippen LogP contribution in [0, 0.1) is 6.92 Å². The molecule has 0 radical (unpaired) electrons. The van der Waals surface area contributed by atoms with Crippen LogP contribution in [0.2, 0.25) is 0 Å². The van der Waals surface area contributed by atoms with Gasteiger partial charge in [0.25, 0.3) is 0 Å². The predicted octanol–water partition coefficient (Wildman–Crippen LogP) is 2.33. The van der Waals surface area contributed by atoms with Crippen LogP contribution >= 0.6 is 0 Å². The number of alkyl halides is 2. The number of hydrogen-bond donors (Lipinski definition) is 2. The Morgan fingerprint density at radius 3 is 2.74 bits per heavy atom. The fourth-order valence-corrected chi connectivity index (χ4v) is 2.02. The minimum atomic E-state index is -2.91. The lowest BCUT2D eigenvalue weighted by Gasteiger charge is -2.13.